The second-order valence-electron chi connectivity index (χ2n) is 7.73. The van der Waals surface area contributed by atoms with Crippen LogP contribution in [-0.2, 0) is 12.4 Å². The molecule has 29 heavy (non-hydrogen) atoms. The highest BCUT2D eigenvalue weighted by atomic mass is 32.2. The van der Waals surface area contributed by atoms with Crippen LogP contribution in [0.4, 0.5) is 26.3 Å². The molecule has 2 nitrogen and oxygen atoms in total. The standard InChI is InChI=1S/C20H23F6NOS/c1-29-17-11-13(19(21,22)23)10-14(20(24,25)26)18(17)16(28)9-12-5-4-6-15(12)27-7-2-3-8-27/h10-12,15H,2-9H2,1H3/t12-,15-/m1/s1. The monoisotopic (exact) mass is 439 g/mol. The van der Waals surface area contributed by atoms with Gasteiger partial charge in [-0.1, -0.05) is 6.42 Å². The molecule has 1 aliphatic carbocycles. The summed E-state index contributed by atoms with van der Waals surface area (Å²) in [7, 11) is 0. The van der Waals surface area contributed by atoms with Gasteiger partial charge in [-0.05, 0) is 63.1 Å². The molecule has 0 aromatic heterocycles. The van der Waals surface area contributed by atoms with Gasteiger partial charge in [0.25, 0.3) is 0 Å². The van der Waals surface area contributed by atoms with Gasteiger partial charge in [-0.2, -0.15) is 26.3 Å². The van der Waals surface area contributed by atoms with Crippen molar-refractivity contribution in [2.75, 3.05) is 19.3 Å². The Morgan fingerprint density at radius 2 is 1.69 bits per heavy atom. The number of hydrogen-bond donors (Lipinski definition) is 0. The fraction of sp³-hybridized carbons (Fsp3) is 0.650. The molecular formula is C20H23F6NOS. The average Bonchev–Trinajstić information content (AvgIpc) is 3.30. The van der Waals surface area contributed by atoms with Gasteiger partial charge in [0, 0.05) is 22.9 Å². The van der Waals surface area contributed by atoms with Gasteiger partial charge in [0.05, 0.1) is 11.1 Å². The first kappa shape index (κ1) is 22.5. The van der Waals surface area contributed by atoms with E-state index in [1.54, 1.807) is 0 Å². The van der Waals surface area contributed by atoms with Gasteiger partial charge in [-0.25, -0.2) is 0 Å². The van der Waals surface area contributed by atoms with E-state index in [1.165, 1.54) is 6.26 Å². The smallest absolute Gasteiger partial charge is 0.300 e. The summed E-state index contributed by atoms with van der Waals surface area (Å²) in [5.74, 6) is -0.773. The predicted octanol–water partition coefficient (Wildman–Crippen LogP) is 6.28. The molecule has 0 N–H and O–H groups in total. The van der Waals surface area contributed by atoms with Crippen LogP contribution in [-0.4, -0.2) is 36.1 Å². The highest BCUT2D eigenvalue weighted by Crippen LogP contribution is 2.43. The van der Waals surface area contributed by atoms with Crippen LogP contribution in [0.3, 0.4) is 0 Å². The first-order valence-electron chi connectivity index (χ1n) is 9.66. The van der Waals surface area contributed by atoms with E-state index < -0.39 is 34.8 Å². The topological polar surface area (TPSA) is 20.3 Å². The maximum Gasteiger partial charge on any atom is 0.417 e. The fourth-order valence-electron chi connectivity index (χ4n) is 4.60. The summed E-state index contributed by atoms with van der Waals surface area (Å²) in [5, 5.41) is 0. The van der Waals surface area contributed by atoms with Gasteiger partial charge < -0.3 is 4.90 Å². The average molecular weight is 439 g/mol. The number of halogens is 6. The number of thioether (sulfide) groups is 1. The van der Waals surface area contributed by atoms with Crippen LogP contribution in [0.15, 0.2) is 17.0 Å². The third kappa shape index (κ3) is 4.93. The lowest BCUT2D eigenvalue weighted by molar-refractivity contribution is -0.143. The molecule has 9 heteroatoms. The zero-order valence-electron chi connectivity index (χ0n) is 16.0. The highest BCUT2D eigenvalue weighted by molar-refractivity contribution is 7.98. The molecule has 162 valence electrons. The molecule has 2 fully saturated rings. The Hall–Kier alpha value is -1.22. The highest BCUT2D eigenvalue weighted by Gasteiger charge is 2.42. The predicted molar refractivity (Wildman–Crippen MR) is 99.1 cm³/mol. The molecule has 1 aliphatic heterocycles. The third-order valence-electron chi connectivity index (χ3n) is 5.91. The number of nitrogens with zero attached hydrogens (tertiary/aromatic N) is 1. The molecule has 0 amide bonds. The van der Waals surface area contributed by atoms with Gasteiger partial charge in [0.15, 0.2) is 5.78 Å². The first-order valence-corrected chi connectivity index (χ1v) is 10.9. The van der Waals surface area contributed by atoms with E-state index in [9.17, 15) is 31.1 Å². The molecular weight excluding hydrogens is 416 g/mol. The van der Waals surface area contributed by atoms with Crippen molar-refractivity contribution in [1.82, 2.24) is 4.90 Å². The summed E-state index contributed by atoms with van der Waals surface area (Å²) in [6.45, 7) is 1.86. The van der Waals surface area contributed by atoms with E-state index in [4.69, 9.17) is 0 Å². The van der Waals surface area contributed by atoms with Gasteiger partial charge in [0.2, 0.25) is 0 Å². The van der Waals surface area contributed by atoms with Gasteiger partial charge in [-0.3, -0.25) is 4.79 Å². The lowest BCUT2D eigenvalue weighted by Crippen LogP contribution is -2.36. The summed E-state index contributed by atoms with van der Waals surface area (Å²) in [6, 6.07) is 0.891. The van der Waals surface area contributed by atoms with Crippen LogP contribution in [0.25, 0.3) is 0 Å². The summed E-state index contributed by atoms with van der Waals surface area (Å²) in [6.07, 6.45) is -3.92. The molecule has 1 saturated carbocycles. The Morgan fingerprint density at radius 3 is 2.24 bits per heavy atom. The summed E-state index contributed by atoms with van der Waals surface area (Å²) < 4.78 is 80.0. The Bertz CT molecular complexity index is 755. The molecule has 1 saturated heterocycles. The second kappa shape index (κ2) is 8.49. The maximum absolute atomic E-state index is 13.6. The Balaban J connectivity index is 1.94. The number of alkyl halides is 6. The molecule has 2 atom stereocenters. The van der Waals surface area contributed by atoms with Gasteiger partial charge in [-0.15, -0.1) is 11.8 Å². The molecule has 0 unspecified atom stereocenters. The second-order valence-corrected chi connectivity index (χ2v) is 8.57. The summed E-state index contributed by atoms with van der Waals surface area (Å²) >= 11 is 0.737. The van der Waals surface area contributed by atoms with Crippen molar-refractivity contribution in [2.45, 2.75) is 61.8 Å². The van der Waals surface area contributed by atoms with Gasteiger partial charge in [0.1, 0.15) is 0 Å². The number of benzene rings is 1. The van der Waals surface area contributed by atoms with Crippen molar-refractivity contribution in [1.29, 1.82) is 0 Å². The molecule has 1 heterocycles. The summed E-state index contributed by atoms with van der Waals surface area (Å²) in [4.78, 5) is 15.0. The van der Waals surface area contributed by atoms with Crippen LogP contribution >= 0.6 is 11.8 Å². The number of likely N-dealkylation sites (tertiary alicyclic amines) is 1. The number of carbonyl (C=O) groups is 1. The third-order valence-corrected chi connectivity index (χ3v) is 6.67. The molecule has 1 aromatic carbocycles. The number of carbonyl (C=O) groups excluding carboxylic acids is 1. The number of Topliss-reactive ketones (excluding diaryl/α,β-unsaturated/α-hetero) is 1. The molecule has 0 bridgehead atoms. The van der Waals surface area contributed by atoms with E-state index >= 15 is 0 Å². The Labute approximate surface area is 170 Å². The molecule has 0 spiro atoms. The van der Waals surface area contributed by atoms with Crippen LogP contribution in [0, 0.1) is 5.92 Å². The lowest BCUT2D eigenvalue weighted by atomic mass is 9.90. The largest absolute Gasteiger partial charge is 0.417 e. The zero-order chi connectivity index (χ0) is 21.4. The molecule has 2 aliphatic rings. The van der Waals surface area contributed by atoms with Crippen molar-refractivity contribution >= 4 is 17.5 Å². The number of hydrogen-bond acceptors (Lipinski definition) is 3. The first-order chi connectivity index (χ1) is 13.5. The van der Waals surface area contributed by atoms with Crippen LogP contribution in [0.5, 0.6) is 0 Å². The minimum absolute atomic E-state index is 0.0568. The van der Waals surface area contributed by atoms with E-state index in [0.717, 1.165) is 57.0 Å². The van der Waals surface area contributed by atoms with E-state index in [-0.39, 0.29) is 29.3 Å². The lowest BCUT2D eigenvalue weighted by Gasteiger charge is -2.29. The summed E-state index contributed by atoms with van der Waals surface area (Å²) in [5.41, 5.74) is -3.50. The van der Waals surface area contributed by atoms with Crippen molar-refractivity contribution in [3.8, 4) is 0 Å². The number of rotatable bonds is 5. The fourth-order valence-corrected chi connectivity index (χ4v) is 5.27. The van der Waals surface area contributed by atoms with Gasteiger partial charge >= 0.3 is 12.4 Å². The van der Waals surface area contributed by atoms with Crippen molar-refractivity contribution in [3.05, 3.63) is 28.8 Å². The quantitative estimate of drug-likeness (QED) is 0.306. The van der Waals surface area contributed by atoms with Crippen LogP contribution < -0.4 is 0 Å². The minimum atomic E-state index is -5.04. The normalized spacial score (nSPS) is 23.7. The van der Waals surface area contributed by atoms with E-state index in [1.807, 2.05) is 0 Å². The Kier molecular flexibility index (Phi) is 6.58. The maximum atomic E-state index is 13.6. The van der Waals surface area contributed by atoms with E-state index in [2.05, 4.69) is 4.90 Å². The van der Waals surface area contributed by atoms with Crippen molar-refractivity contribution in [2.24, 2.45) is 5.92 Å². The molecule has 1 aromatic rings. The minimum Gasteiger partial charge on any atom is -0.300 e. The van der Waals surface area contributed by atoms with Crippen molar-refractivity contribution < 1.29 is 31.1 Å². The number of ketones is 1. The van der Waals surface area contributed by atoms with Crippen LogP contribution in [0.1, 0.15) is 60.0 Å². The Morgan fingerprint density at radius 1 is 1.03 bits per heavy atom. The zero-order valence-corrected chi connectivity index (χ0v) is 16.8. The molecule has 0 radical (unpaired) electrons. The van der Waals surface area contributed by atoms with Crippen molar-refractivity contribution in [3.63, 3.8) is 0 Å². The molecule has 3 rings (SSSR count). The van der Waals surface area contributed by atoms with E-state index in [0.29, 0.717) is 6.07 Å². The van der Waals surface area contributed by atoms with Crippen LogP contribution in [0.2, 0.25) is 0 Å². The SMILES string of the molecule is CSc1cc(C(F)(F)F)cc(C(F)(F)F)c1C(=O)C[C@H]1CCC[C@H]1N1CCCC1.